The Morgan fingerprint density at radius 1 is 1.22 bits per heavy atom. The molecule has 0 unspecified atom stereocenters. The van der Waals surface area contributed by atoms with Gasteiger partial charge in [-0.25, -0.2) is 4.98 Å². The number of aromatic nitrogens is 2. The number of nitrogens with zero attached hydrogens (tertiary/aromatic N) is 5. The number of azide groups is 1. The number of imidazole rings is 1. The zero-order valence-corrected chi connectivity index (χ0v) is 13.5. The summed E-state index contributed by atoms with van der Waals surface area (Å²) < 4.78 is 2.11. The Balaban J connectivity index is 2.04. The molecule has 0 saturated carbocycles. The maximum atomic E-state index is 8.33. The molecule has 23 heavy (non-hydrogen) atoms. The molecule has 0 amide bonds. The normalized spacial score (nSPS) is 10.7. The number of fused-ring (bicyclic) bond motifs is 1. The van der Waals surface area contributed by atoms with E-state index in [4.69, 9.17) is 17.1 Å². The van der Waals surface area contributed by atoms with Gasteiger partial charge in [-0.05, 0) is 41.8 Å². The van der Waals surface area contributed by atoms with E-state index < -0.39 is 0 Å². The van der Waals surface area contributed by atoms with E-state index in [1.54, 1.807) is 0 Å². The van der Waals surface area contributed by atoms with Crippen molar-refractivity contribution in [3.8, 4) is 5.69 Å². The molecule has 0 aliphatic heterocycles. The van der Waals surface area contributed by atoms with Crippen molar-refractivity contribution in [3.05, 3.63) is 69.3 Å². The first-order valence-corrected chi connectivity index (χ1v) is 7.88. The van der Waals surface area contributed by atoms with Gasteiger partial charge in [-0.3, -0.25) is 4.57 Å². The van der Waals surface area contributed by atoms with Crippen LogP contribution in [-0.4, -0.2) is 16.1 Å². The van der Waals surface area contributed by atoms with E-state index in [0.29, 0.717) is 11.6 Å². The van der Waals surface area contributed by atoms with Crippen molar-refractivity contribution in [2.24, 2.45) is 5.11 Å². The van der Waals surface area contributed by atoms with Gasteiger partial charge in [0.25, 0.3) is 0 Å². The molecule has 0 aliphatic carbocycles. The molecule has 0 spiro atoms. The summed E-state index contributed by atoms with van der Waals surface area (Å²) in [6.07, 6.45) is 1.56. The van der Waals surface area contributed by atoms with Gasteiger partial charge in [0.05, 0.1) is 16.1 Å². The first-order valence-electron chi connectivity index (χ1n) is 7.50. The molecule has 0 N–H and O–H groups in total. The van der Waals surface area contributed by atoms with E-state index in [2.05, 4.69) is 38.6 Å². The number of benzene rings is 2. The second-order valence-corrected chi connectivity index (χ2v) is 5.60. The SMILES string of the molecule is CCc1nc2cccc(Cl)c2n1-c1ccc(CCN=[N+]=[N-])cc1. The average molecular weight is 326 g/mol. The summed E-state index contributed by atoms with van der Waals surface area (Å²) in [4.78, 5) is 7.45. The average Bonchev–Trinajstić information content (AvgIpc) is 2.96. The number of aryl methyl sites for hydroxylation is 1. The van der Waals surface area contributed by atoms with Crippen molar-refractivity contribution in [1.29, 1.82) is 0 Å². The summed E-state index contributed by atoms with van der Waals surface area (Å²) in [6.45, 7) is 2.55. The van der Waals surface area contributed by atoms with Crippen LogP contribution in [0.5, 0.6) is 0 Å². The lowest BCUT2D eigenvalue weighted by Crippen LogP contribution is -2.00. The van der Waals surface area contributed by atoms with Crippen molar-refractivity contribution in [3.63, 3.8) is 0 Å². The lowest BCUT2D eigenvalue weighted by molar-refractivity contribution is 0.905. The first kappa shape index (κ1) is 15.4. The fraction of sp³-hybridized carbons (Fsp3) is 0.235. The molecule has 5 nitrogen and oxygen atoms in total. The number of rotatable bonds is 5. The highest BCUT2D eigenvalue weighted by molar-refractivity contribution is 6.35. The molecule has 116 valence electrons. The van der Waals surface area contributed by atoms with E-state index in [9.17, 15) is 0 Å². The fourth-order valence-electron chi connectivity index (χ4n) is 2.68. The molecule has 3 rings (SSSR count). The third-order valence-corrected chi connectivity index (χ3v) is 4.08. The van der Waals surface area contributed by atoms with Crippen LogP contribution in [0.4, 0.5) is 0 Å². The minimum Gasteiger partial charge on any atom is -0.295 e. The van der Waals surface area contributed by atoms with E-state index >= 15 is 0 Å². The molecule has 0 saturated heterocycles. The van der Waals surface area contributed by atoms with Crippen LogP contribution in [0.2, 0.25) is 5.02 Å². The third-order valence-electron chi connectivity index (χ3n) is 3.77. The Labute approximate surface area is 139 Å². The minimum absolute atomic E-state index is 0.468. The largest absolute Gasteiger partial charge is 0.295 e. The van der Waals surface area contributed by atoms with Gasteiger partial charge in [0.15, 0.2) is 0 Å². The third kappa shape index (κ3) is 3.02. The van der Waals surface area contributed by atoms with Gasteiger partial charge in [0.1, 0.15) is 5.82 Å². The highest BCUT2D eigenvalue weighted by Crippen LogP contribution is 2.28. The quantitative estimate of drug-likeness (QED) is 0.366. The Morgan fingerprint density at radius 3 is 2.70 bits per heavy atom. The Hall–Kier alpha value is -2.49. The topological polar surface area (TPSA) is 66.6 Å². The summed E-state index contributed by atoms with van der Waals surface area (Å²) >= 11 is 6.39. The second kappa shape index (κ2) is 6.73. The molecule has 6 heteroatoms. The number of halogens is 1. The highest BCUT2D eigenvalue weighted by Gasteiger charge is 2.13. The molecule has 2 aromatic carbocycles. The summed E-state index contributed by atoms with van der Waals surface area (Å²) in [5.74, 6) is 0.981. The zero-order chi connectivity index (χ0) is 16.2. The standard InChI is InChI=1S/C17H16ClN5/c1-2-16-21-15-5-3-4-14(18)17(15)23(16)13-8-6-12(7-9-13)10-11-20-22-19/h3-9H,2,10-11H2,1H3. The van der Waals surface area contributed by atoms with Crippen LogP contribution in [0.15, 0.2) is 47.6 Å². The molecule has 0 fully saturated rings. The van der Waals surface area contributed by atoms with Crippen LogP contribution in [0.25, 0.3) is 27.2 Å². The smallest absolute Gasteiger partial charge is 0.114 e. The Morgan fingerprint density at radius 2 is 2.00 bits per heavy atom. The van der Waals surface area contributed by atoms with Crippen LogP contribution < -0.4 is 0 Å². The van der Waals surface area contributed by atoms with Crippen LogP contribution in [0.1, 0.15) is 18.3 Å². The van der Waals surface area contributed by atoms with Crippen molar-refractivity contribution >= 4 is 22.6 Å². The predicted molar refractivity (Wildman–Crippen MR) is 93.2 cm³/mol. The maximum Gasteiger partial charge on any atom is 0.114 e. The number of para-hydroxylation sites is 1. The van der Waals surface area contributed by atoms with Crippen LogP contribution in [0, 0.1) is 0 Å². The lowest BCUT2D eigenvalue weighted by Gasteiger charge is -2.10. The molecular formula is C17H16ClN5. The van der Waals surface area contributed by atoms with Crippen molar-refractivity contribution in [2.75, 3.05) is 6.54 Å². The van der Waals surface area contributed by atoms with E-state index in [1.165, 1.54) is 0 Å². The van der Waals surface area contributed by atoms with Crippen LogP contribution in [-0.2, 0) is 12.8 Å². The fourth-order valence-corrected chi connectivity index (χ4v) is 2.94. The van der Waals surface area contributed by atoms with Gasteiger partial charge in [-0.15, -0.1) is 0 Å². The highest BCUT2D eigenvalue weighted by atomic mass is 35.5. The molecule has 0 radical (unpaired) electrons. The van der Waals surface area contributed by atoms with E-state index in [0.717, 1.165) is 41.0 Å². The van der Waals surface area contributed by atoms with Gasteiger partial charge in [0, 0.05) is 23.6 Å². The summed E-state index contributed by atoms with van der Waals surface area (Å²) in [5, 5.41) is 4.26. The maximum absolute atomic E-state index is 8.33. The van der Waals surface area contributed by atoms with Crippen LogP contribution in [0.3, 0.4) is 0 Å². The number of hydrogen-bond acceptors (Lipinski definition) is 2. The molecule has 1 aromatic heterocycles. The minimum atomic E-state index is 0.468. The van der Waals surface area contributed by atoms with Gasteiger partial charge < -0.3 is 0 Å². The van der Waals surface area contributed by atoms with Crippen molar-refractivity contribution in [2.45, 2.75) is 19.8 Å². The second-order valence-electron chi connectivity index (χ2n) is 5.20. The van der Waals surface area contributed by atoms with Crippen molar-refractivity contribution in [1.82, 2.24) is 9.55 Å². The molecule has 0 atom stereocenters. The zero-order valence-electron chi connectivity index (χ0n) is 12.8. The molecule has 0 aliphatic rings. The van der Waals surface area contributed by atoms with Crippen LogP contribution >= 0.6 is 11.6 Å². The summed E-state index contributed by atoms with van der Waals surface area (Å²) in [7, 11) is 0. The molecule has 3 aromatic rings. The van der Waals surface area contributed by atoms with Crippen molar-refractivity contribution < 1.29 is 0 Å². The number of hydrogen-bond donors (Lipinski definition) is 0. The molecule has 1 heterocycles. The monoisotopic (exact) mass is 325 g/mol. The molecule has 0 bridgehead atoms. The first-order chi connectivity index (χ1) is 11.2. The van der Waals surface area contributed by atoms with Gasteiger partial charge in [-0.2, -0.15) is 0 Å². The van der Waals surface area contributed by atoms with Gasteiger partial charge in [-0.1, -0.05) is 41.8 Å². The van der Waals surface area contributed by atoms with Gasteiger partial charge in [0.2, 0.25) is 0 Å². The Bertz CT molecular complexity index is 876. The Kier molecular flexibility index (Phi) is 4.51. The van der Waals surface area contributed by atoms with E-state index in [-0.39, 0.29) is 0 Å². The van der Waals surface area contributed by atoms with E-state index in [1.807, 2.05) is 30.3 Å². The summed E-state index contributed by atoms with van der Waals surface area (Å²) in [6, 6.07) is 14.0. The molecular weight excluding hydrogens is 310 g/mol. The predicted octanol–water partition coefficient (Wildman–Crippen LogP) is 5.09. The summed E-state index contributed by atoms with van der Waals surface area (Å²) in [5.41, 5.74) is 12.3. The van der Waals surface area contributed by atoms with Gasteiger partial charge >= 0.3 is 0 Å². The lowest BCUT2D eigenvalue weighted by atomic mass is 10.1.